The number of carbonyl (C=O) groups is 3. The van der Waals surface area contributed by atoms with Gasteiger partial charge < -0.3 is 45.0 Å². The van der Waals surface area contributed by atoms with Crippen LogP contribution in [0.25, 0.3) is 12.2 Å². The number of ether oxygens (including phenoxy) is 2. The summed E-state index contributed by atoms with van der Waals surface area (Å²) < 4.78 is 10.9. The molecule has 2 aromatic rings. The fraction of sp³-hybridized carbons (Fsp3) is 0.345. The number of aliphatic hydroxyl groups is 2. The number of aliphatic hydroxyl groups excluding tert-OH is 1. The van der Waals surface area contributed by atoms with Gasteiger partial charge in [-0.15, -0.1) is 0 Å². The van der Waals surface area contributed by atoms with Gasteiger partial charge in [-0.2, -0.15) is 0 Å². The Bertz CT molecular complexity index is 1360. The van der Waals surface area contributed by atoms with Crippen LogP contribution in [0, 0.1) is 0 Å². The monoisotopic (exact) mass is 569 g/mol. The second-order valence-corrected chi connectivity index (χ2v) is 10.0. The second kappa shape index (κ2) is 12.3. The van der Waals surface area contributed by atoms with Gasteiger partial charge in [-0.05, 0) is 60.4 Å². The molecule has 1 heterocycles. The number of esters is 2. The summed E-state index contributed by atoms with van der Waals surface area (Å²) >= 11 is 0. The molecule has 2 aromatic carbocycles. The maximum atomic E-state index is 13.1. The highest BCUT2D eigenvalue weighted by atomic mass is 16.6. The lowest BCUT2D eigenvalue weighted by molar-refractivity contribution is -0.201. The zero-order valence-corrected chi connectivity index (χ0v) is 21.9. The highest BCUT2D eigenvalue weighted by Gasteiger charge is 2.53. The molecule has 12 nitrogen and oxygen atoms in total. The fourth-order valence-corrected chi connectivity index (χ4v) is 4.87. The Morgan fingerprint density at radius 2 is 1.29 bits per heavy atom. The summed E-state index contributed by atoms with van der Waals surface area (Å²) in [4.78, 5) is 39.9. The molecule has 1 aliphatic heterocycles. The van der Waals surface area contributed by atoms with E-state index in [4.69, 9.17) is 9.47 Å². The van der Waals surface area contributed by atoms with Crippen molar-refractivity contribution in [2.75, 3.05) is 13.1 Å². The van der Waals surface area contributed by atoms with Gasteiger partial charge in [0, 0.05) is 38.1 Å². The predicted octanol–water partition coefficient (Wildman–Crippen LogP) is 1.57. The number of benzene rings is 2. The molecule has 41 heavy (non-hydrogen) atoms. The number of amides is 1. The van der Waals surface area contributed by atoms with E-state index in [1.165, 1.54) is 53.5 Å². The SMILES string of the molecule is O=C(/C=C/c1ccc(O)c(O)c1)O[C@@H]1C[C@@](O)(C(=O)N2CCCC2)CC(O)[C@@H]1OC(=O)/C=C/c1ccc(O)c(O)c1. The Balaban J connectivity index is 1.52. The molecule has 0 spiro atoms. The number of hydrogen-bond donors (Lipinski definition) is 6. The van der Waals surface area contributed by atoms with Gasteiger partial charge >= 0.3 is 11.9 Å². The third-order valence-corrected chi connectivity index (χ3v) is 6.97. The summed E-state index contributed by atoms with van der Waals surface area (Å²) in [6.45, 7) is 0.889. The second-order valence-electron chi connectivity index (χ2n) is 10.0. The number of aromatic hydroxyl groups is 4. The van der Waals surface area contributed by atoms with Crippen LogP contribution >= 0.6 is 0 Å². The van der Waals surface area contributed by atoms with Gasteiger partial charge in [0.25, 0.3) is 5.91 Å². The number of likely N-dealkylation sites (tertiary alicyclic amines) is 1. The Labute approximate surface area is 235 Å². The number of rotatable bonds is 7. The molecule has 1 aliphatic carbocycles. The summed E-state index contributed by atoms with van der Waals surface area (Å²) in [5, 5.41) is 60.3. The molecule has 1 saturated heterocycles. The van der Waals surface area contributed by atoms with Crippen molar-refractivity contribution in [1.29, 1.82) is 0 Å². The van der Waals surface area contributed by atoms with Crippen molar-refractivity contribution in [1.82, 2.24) is 4.90 Å². The van der Waals surface area contributed by atoms with E-state index in [2.05, 4.69) is 0 Å². The van der Waals surface area contributed by atoms with E-state index in [0.717, 1.165) is 25.0 Å². The average Bonchev–Trinajstić information content (AvgIpc) is 3.46. The number of nitrogens with zero attached hydrogens (tertiary/aromatic N) is 1. The third-order valence-electron chi connectivity index (χ3n) is 6.97. The van der Waals surface area contributed by atoms with E-state index >= 15 is 0 Å². The Morgan fingerprint density at radius 1 is 0.780 bits per heavy atom. The summed E-state index contributed by atoms with van der Waals surface area (Å²) in [5.74, 6) is -3.97. The molecule has 1 amide bonds. The first-order chi connectivity index (χ1) is 19.4. The van der Waals surface area contributed by atoms with Crippen molar-refractivity contribution in [3.8, 4) is 23.0 Å². The predicted molar refractivity (Wildman–Crippen MR) is 143 cm³/mol. The highest BCUT2D eigenvalue weighted by Crippen LogP contribution is 2.35. The van der Waals surface area contributed by atoms with Crippen LogP contribution in [0.2, 0.25) is 0 Å². The van der Waals surface area contributed by atoms with E-state index in [9.17, 15) is 45.0 Å². The fourth-order valence-electron chi connectivity index (χ4n) is 4.87. The standard InChI is InChI=1S/C29H31NO11/c31-19-7-3-17(13-21(19)33)5-9-25(36)40-24-16-29(39,28(38)30-11-1-2-12-30)15-23(35)27(24)41-26(37)10-6-18-4-8-20(32)22(34)14-18/h3-10,13-14,23-24,27,31-35,39H,1-2,11-12,15-16H2/b9-5+,10-6+/t23?,24-,27+,29-/m1/s1. The van der Waals surface area contributed by atoms with Crippen molar-refractivity contribution >= 4 is 30.0 Å². The van der Waals surface area contributed by atoms with E-state index in [1.807, 2.05) is 0 Å². The molecular formula is C29H31NO11. The molecule has 1 unspecified atom stereocenters. The molecule has 4 atom stereocenters. The lowest BCUT2D eigenvalue weighted by atomic mass is 9.78. The number of phenolic OH excluding ortho intramolecular Hbond substituents is 4. The van der Waals surface area contributed by atoms with Crippen LogP contribution in [-0.2, 0) is 23.9 Å². The van der Waals surface area contributed by atoms with Crippen LogP contribution in [0.15, 0.2) is 48.6 Å². The molecule has 218 valence electrons. The Hall–Kier alpha value is -4.55. The molecule has 6 N–H and O–H groups in total. The van der Waals surface area contributed by atoms with Gasteiger partial charge in [0.05, 0.1) is 6.10 Å². The minimum Gasteiger partial charge on any atom is -0.504 e. The first-order valence-corrected chi connectivity index (χ1v) is 13.0. The Morgan fingerprint density at radius 3 is 1.80 bits per heavy atom. The largest absolute Gasteiger partial charge is 0.504 e. The average molecular weight is 570 g/mol. The molecule has 0 radical (unpaired) electrons. The van der Waals surface area contributed by atoms with Gasteiger partial charge in [0.2, 0.25) is 0 Å². The minimum atomic E-state index is -2.07. The summed E-state index contributed by atoms with van der Waals surface area (Å²) in [6, 6.07) is 7.74. The molecule has 2 aliphatic rings. The van der Waals surface area contributed by atoms with Gasteiger partial charge in [-0.3, -0.25) is 4.79 Å². The van der Waals surface area contributed by atoms with E-state index < -0.39 is 66.1 Å². The van der Waals surface area contributed by atoms with Crippen molar-refractivity contribution in [3.05, 3.63) is 59.7 Å². The van der Waals surface area contributed by atoms with Gasteiger partial charge in [-0.1, -0.05) is 12.1 Å². The lowest BCUT2D eigenvalue weighted by Gasteiger charge is -2.43. The first-order valence-electron chi connectivity index (χ1n) is 13.0. The zero-order valence-electron chi connectivity index (χ0n) is 21.9. The number of phenols is 4. The molecule has 0 aromatic heterocycles. The first kappa shape index (κ1) is 29.4. The van der Waals surface area contributed by atoms with Gasteiger partial charge in [0.1, 0.15) is 11.7 Å². The van der Waals surface area contributed by atoms with Crippen LogP contribution < -0.4 is 0 Å². The molecule has 2 fully saturated rings. The van der Waals surface area contributed by atoms with E-state index in [1.54, 1.807) is 0 Å². The highest BCUT2D eigenvalue weighted by molar-refractivity contribution is 5.89. The van der Waals surface area contributed by atoms with Crippen molar-refractivity contribution in [2.45, 2.75) is 49.6 Å². The normalized spacial score (nSPS) is 24.5. The van der Waals surface area contributed by atoms with Crippen molar-refractivity contribution < 1.29 is 54.5 Å². The molecule has 0 bridgehead atoms. The lowest BCUT2D eigenvalue weighted by Crippen LogP contribution is -2.60. The van der Waals surface area contributed by atoms with Crippen LogP contribution in [0.1, 0.15) is 36.8 Å². The number of carbonyl (C=O) groups excluding carboxylic acids is 3. The maximum absolute atomic E-state index is 13.1. The van der Waals surface area contributed by atoms with Gasteiger partial charge in [-0.25, -0.2) is 9.59 Å². The van der Waals surface area contributed by atoms with Gasteiger partial charge in [0.15, 0.2) is 29.1 Å². The van der Waals surface area contributed by atoms with E-state index in [0.29, 0.717) is 24.2 Å². The van der Waals surface area contributed by atoms with Crippen LogP contribution in [0.5, 0.6) is 23.0 Å². The van der Waals surface area contributed by atoms with Crippen LogP contribution in [-0.4, -0.2) is 90.4 Å². The Kier molecular flexibility index (Phi) is 8.84. The third kappa shape index (κ3) is 7.16. The summed E-state index contributed by atoms with van der Waals surface area (Å²) in [5.41, 5.74) is -1.35. The van der Waals surface area contributed by atoms with Crippen LogP contribution in [0.4, 0.5) is 0 Å². The van der Waals surface area contributed by atoms with Crippen molar-refractivity contribution in [2.24, 2.45) is 0 Å². The topological polar surface area (TPSA) is 194 Å². The smallest absolute Gasteiger partial charge is 0.331 e. The molecule has 1 saturated carbocycles. The van der Waals surface area contributed by atoms with E-state index in [-0.39, 0.29) is 11.5 Å². The minimum absolute atomic E-state index is 0.341. The summed E-state index contributed by atoms with van der Waals surface area (Å²) in [7, 11) is 0. The number of hydrogen-bond acceptors (Lipinski definition) is 11. The molecular weight excluding hydrogens is 538 g/mol. The molecule has 4 rings (SSSR count). The summed E-state index contributed by atoms with van der Waals surface area (Å²) in [6.07, 6.45) is 0.842. The molecule has 12 heteroatoms. The zero-order chi connectivity index (χ0) is 29.7. The quantitative estimate of drug-likeness (QED) is 0.161. The van der Waals surface area contributed by atoms with Crippen LogP contribution in [0.3, 0.4) is 0 Å². The maximum Gasteiger partial charge on any atom is 0.331 e. The van der Waals surface area contributed by atoms with Crippen molar-refractivity contribution in [3.63, 3.8) is 0 Å².